The molecular formula is C22H35N3O2. The molecule has 2 heterocycles. The van der Waals surface area contributed by atoms with Gasteiger partial charge >= 0.3 is 6.03 Å². The average Bonchev–Trinajstić information content (AvgIpc) is 2.94. The number of hydrogen-bond donors (Lipinski definition) is 1. The van der Waals surface area contributed by atoms with Crippen LogP contribution in [0.1, 0.15) is 51.0 Å². The van der Waals surface area contributed by atoms with Crippen molar-refractivity contribution in [1.82, 2.24) is 15.1 Å². The molecule has 0 aliphatic carbocycles. The molecule has 0 spiro atoms. The summed E-state index contributed by atoms with van der Waals surface area (Å²) in [5, 5.41) is 3.14. The number of carbonyl (C=O) groups is 1. The zero-order valence-electron chi connectivity index (χ0n) is 17.0. The fourth-order valence-corrected chi connectivity index (χ4v) is 4.20. The quantitative estimate of drug-likeness (QED) is 0.852. The summed E-state index contributed by atoms with van der Waals surface area (Å²) >= 11 is 0. The lowest BCUT2D eigenvalue weighted by Crippen LogP contribution is -2.51. The highest BCUT2D eigenvalue weighted by Gasteiger charge is 2.28. The number of amides is 2. The first-order valence-electron chi connectivity index (χ1n) is 10.6. The van der Waals surface area contributed by atoms with Crippen molar-refractivity contribution in [2.75, 3.05) is 33.3 Å². The molecule has 27 heavy (non-hydrogen) atoms. The van der Waals surface area contributed by atoms with Crippen LogP contribution in [0.5, 0.6) is 5.75 Å². The van der Waals surface area contributed by atoms with E-state index >= 15 is 0 Å². The van der Waals surface area contributed by atoms with Gasteiger partial charge in [-0.3, -0.25) is 0 Å². The van der Waals surface area contributed by atoms with Gasteiger partial charge in [-0.15, -0.1) is 0 Å². The van der Waals surface area contributed by atoms with E-state index in [0.29, 0.717) is 12.6 Å². The molecule has 5 heteroatoms. The fourth-order valence-electron chi connectivity index (χ4n) is 4.20. The van der Waals surface area contributed by atoms with Crippen LogP contribution in [0.2, 0.25) is 0 Å². The minimum absolute atomic E-state index is 0.0862. The third-order valence-corrected chi connectivity index (χ3v) is 6.09. The van der Waals surface area contributed by atoms with E-state index in [2.05, 4.69) is 22.0 Å². The summed E-state index contributed by atoms with van der Waals surface area (Å²) in [5.41, 5.74) is 1.10. The molecule has 1 N–H and O–H groups in total. The van der Waals surface area contributed by atoms with Crippen molar-refractivity contribution < 1.29 is 9.53 Å². The third kappa shape index (κ3) is 5.86. The van der Waals surface area contributed by atoms with Gasteiger partial charge in [-0.2, -0.15) is 0 Å². The van der Waals surface area contributed by atoms with Gasteiger partial charge in [-0.25, -0.2) is 4.79 Å². The van der Waals surface area contributed by atoms with Crippen LogP contribution in [0.3, 0.4) is 0 Å². The molecule has 0 aromatic heterocycles. The van der Waals surface area contributed by atoms with Crippen molar-refractivity contribution in [3.05, 3.63) is 29.8 Å². The Labute approximate surface area is 164 Å². The zero-order valence-corrected chi connectivity index (χ0v) is 17.0. The van der Waals surface area contributed by atoms with Gasteiger partial charge < -0.3 is 19.9 Å². The summed E-state index contributed by atoms with van der Waals surface area (Å²) < 4.78 is 5.20. The highest BCUT2D eigenvalue weighted by molar-refractivity contribution is 5.74. The van der Waals surface area contributed by atoms with Crippen molar-refractivity contribution >= 4 is 6.03 Å². The summed E-state index contributed by atoms with van der Waals surface area (Å²) in [6.07, 6.45) is 7.28. The van der Waals surface area contributed by atoms with Crippen molar-refractivity contribution in [1.29, 1.82) is 0 Å². The van der Waals surface area contributed by atoms with E-state index < -0.39 is 0 Å². The number of likely N-dealkylation sites (tertiary alicyclic amines) is 2. The highest BCUT2D eigenvalue weighted by Crippen LogP contribution is 2.22. The molecule has 0 saturated carbocycles. The Morgan fingerprint density at radius 1 is 1.07 bits per heavy atom. The summed E-state index contributed by atoms with van der Waals surface area (Å²) in [7, 11) is 1.67. The smallest absolute Gasteiger partial charge is 0.317 e. The fraction of sp³-hybridized carbons (Fsp3) is 0.682. The Balaban J connectivity index is 1.55. The summed E-state index contributed by atoms with van der Waals surface area (Å²) in [6.45, 7) is 7.18. The first kappa shape index (κ1) is 20.0. The maximum Gasteiger partial charge on any atom is 0.317 e. The molecular weight excluding hydrogens is 338 g/mol. The first-order valence-corrected chi connectivity index (χ1v) is 10.6. The predicted molar refractivity (Wildman–Crippen MR) is 109 cm³/mol. The van der Waals surface area contributed by atoms with Gasteiger partial charge in [-0.05, 0) is 62.4 Å². The van der Waals surface area contributed by atoms with Crippen LogP contribution >= 0.6 is 0 Å². The number of rotatable bonds is 5. The van der Waals surface area contributed by atoms with Crippen LogP contribution < -0.4 is 10.1 Å². The van der Waals surface area contributed by atoms with E-state index in [1.165, 1.54) is 38.8 Å². The number of nitrogens with zero attached hydrogens (tertiary/aromatic N) is 2. The highest BCUT2D eigenvalue weighted by atomic mass is 16.5. The molecule has 5 nitrogen and oxygen atoms in total. The molecule has 150 valence electrons. The zero-order chi connectivity index (χ0) is 19.1. The number of carbonyl (C=O) groups excluding carboxylic acids is 1. The molecule has 0 radical (unpaired) electrons. The minimum atomic E-state index is 0.0862. The maximum absolute atomic E-state index is 12.9. The number of ether oxygens (including phenoxy) is 1. The second-order valence-electron chi connectivity index (χ2n) is 8.19. The van der Waals surface area contributed by atoms with Gasteiger partial charge in [0.1, 0.15) is 5.75 Å². The lowest BCUT2D eigenvalue weighted by Gasteiger charge is -2.37. The van der Waals surface area contributed by atoms with Gasteiger partial charge in [0.25, 0.3) is 0 Å². The monoisotopic (exact) mass is 373 g/mol. The Morgan fingerprint density at radius 3 is 2.52 bits per heavy atom. The SMILES string of the molecule is COc1ccc(CNC(=O)N2CCCCCC2CN2CCC(C)CC2)cc1. The number of methoxy groups -OCH3 is 1. The Morgan fingerprint density at radius 2 is 1.81 bits per heavy atom. The normalized spacial score (nSPS) is 22.3. The molecule has 1 unspecified atom stereocenters. The van der Waals surface area contributed by atoms with Crippen LogP contribution in [-0.4, -0.2) is 55.2 Å². The second-order valence-corrected chi connectivity index (χ2v) is 8.19. The van der Waals surface area contributed by atoms with Crippen LogP contribution in [0, 0.1) is 5.92 Å². The molecule has 1 aromatic carbocycles. The summed E-state index contributed by atoms with van der Waals surface area (Å²) in [5.74, 6) is 1.69. The lowest BCUT2D eigenvalue weighted by atomic mass is 9.98. The number of piperidine rings is 1. The number of benzene rings is 1. The molecule has 3 rings (SSSR count). The third-order valence-electron chi connectivity index (χ3n) is 6.09. The van der Waals surface area contributed by atoms with Crippen molar-refractivity contribution in [3.63, 3.8) is 0 Å². The Hall–Kier alpha value is -1.75. The molecule has 2 fully saturated rings. The summed E-state index contributed by atoms with van der Waals surface area (Å²) in [4.78, 5) is 17.6. The van der Waals surface area contributed by atoms with Crippen LogP contribution in [0.4, 0.5) is 4.79 Å². The average molecular weight is 374 g/mol. The van der Waals surface area contributed by atoms with Crippen molar-refractivity contribution in [2.24, 2.45) is 5.92 Å². The number of nitrogens with one attached hydrogen (secondary N) is 1. The van der Waals surface area contributed by atoms with Crippen molar-refractivity contribution in [3.8, 4) is 5.75 Å². The van der Waals surface area contributed by atoms with E-state index in [0.717, 1.165) is 43.2 Å². The van der Waals surface area contributed by atoms with E-state index in [-0.39, 0.29) is 6.03 Å². The Kier molecular flexibility index (Phi) is 7.39. The largest absolute Gasteiger partial charge is 0.497 e. The van der Waals surface area contributed by atoms with Gasteiger partial charge in [0, 0.05) is 25.7 Å². The van der Waals surface area contributed by atoms with Gasteiger partial charge in [0.05, 0.1) is 7.11 Å². The molecule has 2 aliphatic heterocycles. The molecule has 1 aromatic rings. The second kappa shape index (κ2) is 9.98. The summed E-state index contributed by atoms with van der Waals surface area (Å²) in [6, 6.07) is 8.32. The van der Waals surface area contributed by atoms with E-state index in [9.17, 15) is 4.79 Å². The maximum atomic E-state index is 12.9. The molecule has 2 aliphatic rings. The predicted octanol–water partition coefficient (Wildman–Crippen LogP) is 3.88. The van der Waals surface area contributed by atoms with Gasteiger partial charge in [0.15, 0.2) is 0 Å². The Bertz CT molecular complexity index is 582. The number of urea groups is 1. The molecule has 1 atom stereocenters. The van der Waals surface area contributed by atoms with Crippen molar-refractivity contribution in [2.45, 2.75) is 58.0 Å². The molecule has 2 saturated heterocycles. The first-order chi connectivity index (χ1) is 13.2. The molecule has 2 amide bonds. The van der Waals surface area contributed by atoms with E-state index in [1.807, 2.05) is 24.3 Å². The van der Waals surface area contributed by atoms with Crippen LogP contribution in [0.15, 0.2) is 24.3 Å². The lowest BCUT2D eigenvalue weighted by molar-refractivity contribution is 0.123. The van der Waals surface area contributed by atoms with Gasteiger partial charge in [0.2, 0.25) is 0 Å². The van der Waals surface area contributed by atoms with E-state index in [4.69, 9.17) is 4.74 Å². The minimum Gasteiger partial charge on any atom is -0.497 e. The number of hydrogen-bond acceptors (Lipinski definition) is 3. The standard InChI is InChI=1S/C22H35N3O2/c1-18-11-14-24(15-12-18)17-20-6-4-3-5-13-25(20)22(26)23-16-19-7-9-21(27-2)10-8-19/h7-10,18,20H,3-6,11-17H2,1-2H3,(H,23,26). The van der Waals surface area contributed by atoms with E-state index in [1.54, 1.807) is 7.11 Å². The van der Waals surface area contributed by atoms with Gasteiger partial charge in [-0.1, -0.05) is 31.9 Å². The van der Waals surface area contributed by atoms with Crippen LogP contribution in [0.25, 0.3) is 0 Å². The topological polar surface area (TPSA) is 44.8 Å². The molecule has 0 bridgehead atoms. The van der Waals surface area contributed by atoms with Crippen LogP contribution in [-0.2, 0) is 6.54 Å².